The Bertz CT molecular complexity index is 3300. The predicted octanol–water partition coefficient (Wildman–Crippen LogP) is 15.4. The lowest BCUT2D eigenvalue weighted by Gasteiger charge is -2.23. The summed E-state index contributed by atoms with van der Waals surface area (Å²) in [4.78, 5) is 0. The van der Waals surface area contributed by atoms with E-state index in [1.54, 1.807) is 0 Å². The van der Waals surface area contributed by atoms with Gasteiger partial charge in [0.15, 0.2) is 0 Å². The molecule has 264 valence electrons. The molecule has 0 aromatic heterocycles. The van der Waals surface area contributed by atoms with Crippen molar-refractivity contribution < 1.29 is 0 Å². The van der Waals surface area contributed by atoms with E-state index in [-0.39, 0.29) is 10.8 Å². The fourth-order valence-corrected chi connectivity index (χ4v) is 10.7. The molecule has 10 aromatic carbocycles. The third-order valence-electron chi connectivity index (χ3n) is 13.6. The molecule has 0 aliphatic heterocycles. The van der Waals surface area contributed by atoms with Crippen LogP contribution >= 0.6 is 0 Å². The highest BCUT2D eigenvalue weighted by Gasteiger charge is 2.36. The Hall–Kier alpha value is -6.50. The van der Waals surface area contributed by atoms with Gasteiger partial charge in [-0.05, 0) is 145 Å². The molecule has 0 atom stereocenters. The highest BCUT2D eigenvalue weighted by molar-refractivity contribution is 6.30. The first-order valence-electron chi connectivity index (χ1n) is 20.0. The van der Waals surface area contributed by atoms with Gasteiger partial charge in [-0.15, -0.1) is 0 Å². The highest BCUT2D eigenvalue weighted by Crippen LogP contribution is 2.53. The van der Waals surface area contributed by atoms with Crippen LogP contribution in [0, 0.1) is 0 Å². The van der Waals surface area contributed by atoms with Crippen LogP contribution in [0.4, 0.5) is 0 Å². The van der Waals surface area contributed by atoms with Crippen molar-refractivity contribution in [3.05, 3.63) is 192 Å². The van der Waals surface area contributed by atoms with Crippen molar-refractivity contribution in [2.75, 3.05) is 0 Å². The summed E-state index contributed by atoms with van der Waals surface area (Å²) in [5.41, 5.74) is 18.6. The molecule has 10 aromatic rings. The Labute approximate surface area is 328 Å². The minimum atomic E-state index is -0.0758. The zero-order valence-corrected chi connectivity index (χ0v) is 32.2. The summed E-state index contributed by atoms with van der Waals surface area (Å²) >= 11 is 0. The number of hydrogen-bond acceptors (Lipinski definition) is 0. The van der Waals surface area contributed by atoms with Gasteiger partial charge >= 0.3 is 0 Å². The molecule has 0 fully saturated rings. The average Bonchev–Trinajstić information content (AvgIpc) is 3.61. The standard InChI is InChI=1S/C56H40/c1-55(2)49-15-9-7-13-40(49)42-24-21-37(30-51(42)55)39-23-19-34-20-26-45-48(38-22-25-43-41-14-8-10-16-50(41)56(3,4)52(43)31-38)32-47(46-28-27-44(39)53(34)54(45)46)36-18-17-33-11-5-6-12-35(33)29-36/h5-32H,1-4H3. The molecule has 0 heterocycles. The molecule has 0 nitrogen and oxygen atoms in total. The van der Waals surface area contributed by atoms with E-state index in [0.29, 0.717) is 0 Å². The van der Waals surface area contributed by atoms with E-state index >= 15 is 0 Å². The summed E-state index contributed by atoms with van der Waals surface area (Å²) in [6.45, 7) is 9.51. The monoisotopic (exact) mass is 712 g/mol. The molecule has 0 spiro atoms. The van der Waals surface area contributed by atoms with Crippen LogP contribution in [0.3, 0.4) is 0 Å². The molecular weight excluding hydrogens is 673 g/mol. The van der Waals surface area contributed by atoms with Gasteiger partial charge in [-0.1, -0.05) is 173 Å². The van der Waals surface area contributed by atoms with Crippen LogP contribution in [-0.4, -0.2) is 0 Å². The minimum Gasteiger partial charge on any atom is -0.0619 e. The third-order valence-corrected chi connectivity index (χ3v) is 13.6. The maximum Gasteiger partial charge on any atom is 0.0159 e. The SMILES string of the molecule is CC1(C)c2ccccc2-c2ccc(-c3ccc4ccc5c(-c6ccc7c(c6)C(C)(C)c6ccccc6-7)cc(-c6ccc7ccccc7c6)c6ccc3c4c56)cc21. The van der Waals surface area contributed by atoms with Crippen molar-refractivity contribution in [3.63, 3.8) is 0 Å². The van der Waals surface area contributed by atoms with Gasteiger partial charge in [-0.3, -0.25) is 0 Å². The fourth-order valence-electron chi connectivity index (χ4n) is 10.7. The Morgan fingerprint density at radius 3 is 1.34 bits per heavy atom. The lowest BCUT2D eigenvalue weighted by Crippen LogP contribution is -2.14. The molecule has 0 N–H and O–H groups in total. The van der Waals surface area contributed by atoms with E-state index in [9.17, 15) is 0 Å². The van der Waals surface area contributed by atoms with E-state index in [0.717, 1.165) is 0 Å². The second-order valence-corrected chi connectivity index (χ2v) is 17.3. The van der Waals surface area contributed by atoms with Gasteiger partial charge in [-0.25, -0.2) is 0 Å². The molecule has 0 saturated carbocycles. The Morgan fingerprint density at radius 2 is 0.696 bits per heavy atom. The molecule has 12 rings (SSSR count). The molecule has 0 heteroatoms. The first-order chi connectivity index (χ1) is 27.3. The van der Waals surface area contributed by atoms with Crippen LogP contribution in [0.25, 0.3) is 98.7 Å². The van der Waals surface area contributed by atoms with Gasteiger partial charge in [0.1, 0.15) is 0 Å². The minimum absolute atomic E-state index is 0.0544. The smallest absolute Gasteiger partial charge is 0.0159 e. The Morgan fingerprint density at radius 1 is 0.268 bits per heavy atom. The lowest BCUT2D eigenvalue weighted by atomic mass is 9.80. The van der Waals surface area contributed by atoms with Crippen molar-refractivity contribution in [2.45, 2.75) is 38.5 Å². The normalized spacial score (nSPS) is 14.7. The predicted molar refractivity (Wildman–Crippen MR) is 239 cm³/mol. The summed E-state index contributed by atoms with van der Waals surface area (Å²) in [5, 5.41) is 10.4. The van der Waals surface area contributed by atoms with Gasteiger partial charge in [0, 0.05) is 10.8 Å². The van der Waals surface area contributed by atoms with Crippen molar-refractivity contribution >= 4 is 43.1 Å². The lowest BCUT2D eigenvalue weighted by molar-refractivity contribution is 0.660. The molecule has 0 radical (unpaired) electrons. The number of rotatable bonds is 3. The van der Waals surface area contributed by atoms with E-state index < -0.39 is 0 Å². The topological polar surface area (TPSA) is 0 Å². The van der Waals surface area contributed by atoms with Crippen LogP contribution < -0.4 is 0 Å². The van der Waals surface area contributed by atoms with E-state index in [1.165, 1.54) is 121 Å². The zero-order valence-electron chi connectivity index (χ0n) is 32.2. The number of benzene rings is 10. The molecule has 0 saturated heterocycles. The van der Waals surface area contributed by atoms with Gasteiger partial charge in [0.05, 0.1) is 0 Å². The van der Waals surface area contributed by atoms with E-state index in [1.807, 2.05) is 0 Å². The van der Waals surface area contributed by atoms with E-state index in [2.05, 4.69) is 198 Å². The number of hydrogen-bond donors (Lipinski definition) is 0. The Kier molecular flexibility index (Phi) is 6.28. The van der Waals surface area contributed by atoms with Crippen molar-refractivity contribution in [2.24, 2.45) is 0 Å². The molecule has 0 amide bonds. The second-order valence-electron chi connectivity index (χ2n) is 17.3. The maximum absolute atomic E-state index is 2.49. The Balaban J connectivity index is 1.13. The molecule has 2 aliphatic carbocycles. The molecule has 2 aliphatic rings. The largest absolute Gasteiger partial charge is 0.0619 e. The first kappa shape index (κ1) is 31.8. The van der Waals surface area contributed by atoms with Gasteiger partial charge in [-0.2, -0.15) is 0 Å². The molecule has 56 heavy (non-hydrogen) atoms. The summed E-state index contributed by atoms with van der Waals surface area (Å²) in [6.07, 6.45) is 0. The van der Waals surface area contributed by atoms with Crippen LogP contribution in [-0.2, 0) is 10.8 Å². The highest BCUT2D eigenvalue weighted by atomic mass is 14.4. The van der Waals surface area contributed by atoms with Crippen LogP contribution in [0.15, 0.2) is 170 Å². The quantitative estimate of drug-likeness (QED) is 0.160. The molecule has 0 unspecified atom stereocenters. The third kappa shape index (κ3) is 4.19. The second kappa shape index (κ2) is 11.1. The summed E-state index contributed by atoms with van der Waals surface area (Å²) < 4.78 is 0. The summed E-state index contributed by atoms with van der Waals surface area (Å²) in [7, 11) is 0. The molecular formula is C56H40. The first-order valence-corrected chi connectivity index (χ1v) is 20.0. The van der Waals surface area contributed by atoms with E-state index in [4.69, 9.17) is 0 Å². The van der Waals surface area contributed by atoms with Crippen molar-refractivity contribution in [3.8, 4) is 55.6 Å². The molecule has 0 bridgehead atoms. The van der Waals surface area contributed by atoms with Crippen LogP contribution in [0.1, 0.15) is 49.9 Å². The zero-order chi connectivity index (χ0) is 37.5. The fraction of sp³-hybridized carbons (Fsp3) is 0.107. The van der Waals surface area contributed by atoms with Crippen LogP contribution in [0.2, 0.25) is 0 Å². The van der Waals surface area contributed by atoms with Gasteiger partial charge < -0.3 is 0 Å². The average molecular weight is 713 g/mol. The summed E-state index contributed by atoms with van der Waals surface area (Å²) in [6, 6.07) is 64.7. The summed E-state index contributed by atoms with van der Waals surface area (Å²) in [5.74, 6) is 0. The van der Waals surface area contributed by atoms with Crippen molar-refractivity contribution in [1.29, 1.82) is 0 Å². The maximum atomic E-state index is 2.49. The van der Waals surface area contributed by atoms with Gasteiger partial charge in [0.2, 0.25) is 0 Å². The van der Waals surface area contributed by atoms with Crippen molar-refractivity contribution in [1.82, 2.24) is 0 Å². The van der Waals surface area contributed by atoms with Crippen LogP contribution in [0.5, 0.6) is 0 Å². The number of fused-ring (bicyclic) bond motifs is 7. The van der Waals surface area contributed by atoms with Gasteiger partial charge in [0.25, 0.3) is 0 Å².